The Hall–Kier alpha value is -3.35. The lowest BCUT2D eigenvalue weighted by Gasteiger charge is -2.25. The maximum Gasteiger partial charge on any atom is 0.407 e. The van der Waals surface area contributed by atoms with Crippen molar-refractivity contribution in [1.82, 2.24) is 10.2 Å². The third kappa shape index (κ3) is 4.27. The van der Waals surface area contributed by atoms with Crippen molar-refractivity contribution in [2.75, 3.05) is 19.7 Å². The van der Waals surface area contributed by atoms with Crippen molar-refractivity contribution in [3.63, 3.8) is 0 Å². The molecule has 2 amide bonds. The molecule has 2 aliphatic rings. The van der Waals surface area contributed by atoms with Gasteiger partial charge in [0.25, 0.3) is 0 Å². The number of hydrogen-bond acceptors (Lipinski definition) is 4. The fourth-order valence-electron chi connectivity index (χ4n) is 5.14. The van der Waals surface area contributed by atoms with Gasteiger partial charge in [-0.15, -0.1) is 0 Å². The number of nitrogens with one attached hydrogen (secondary N) is 1. The van der Waals surface area contributed by atoms with E-state index in [1.54, 1.807) is 11.8 Å². The van der Waals surface area contributed by atoms with Crippen LogP contribution in [0, 0.1) is 11.3 Å². The van der Waals surface area contributed by atoms with Gasteiger partial charge in [0.15, 0.2) is 0 Å². The number of nitrogens with zero attached hydrogens (tertiary/aromatic N) is 1. The minimum Gasteiger partial charge on any atom is -0.481 e. The van der Waals surface area contributed by atoms with E-state index in [1.807, 2.05) is 38.1 Å². The number of hydrogen-bond donors (Lipinski definition) is 2. The zero-order chi connectivity index (χ0) is 24.5. The Morgan fingerprint density at radius 2 is 1.71 bits per heavy atom. The second kappa shape index (κ2) is 9.49. The van der Waals surface area contributed by atoms with Crippen molar-refractivity contribution < 1.29 is 24.2 Å². The Morgan fingerprint density at radius 1 is 1.12 bits per heavy atom. The first-order valence-corrected chi connectivity index (χ1v) is 11.9. The molecular formula is C27H32N2O5. The van der Waals surface area contributed by atoms with Crippen LogP contribution in [0.4, 0.5) is 4.79 Å². The summed E-state index contributed by atoms with van der Waals surface area (Å²) in [5.74, 6) is -1.40. The van der Waals surface area contributed by atoms with Gasteiger partial charge < -0.3 is 20.1 Å². The van der Waals surface area contributed by atoms with E-state index in [2.05, 4.69) is 29.6 Å². The molecule has 0 bridgehead atoms. The third-order valence-electron chi connectivity index (χ3n) is 7.41. The molecule has 7 nitrogen and oxygen atoms in total. The number of likely N-dealkylation sites (tertiary alicyclic amines) is 1. The van der Waals surface area contributed by atoms with Gasteiger partial charge in [0.1, 0.15) is 12.6 Å². The normalized spacial score (nSPS) is 22.1. The van der Waals surface area contributed by atoms with Gasteiger partial charge in [-0.3, -0.25) is 9.59 Å². The monoisotopic (exact) mass is 464 g/mol. The first-order valence-electron chi connectivity index (χ1n) is 11.9. The first-order chi connectivity index (χ1) is 16.3. The van der Waals surface area contributed by atoms with Crippen molar-refractivity contribution in [2.24, 2.45) is 11.3 Å². The van der Waals surface area contributed by atoms with Crippen LogP contribution >= 0.6 is 0 Å². The quantitative estimate of drug-likeness (QED) is 0.638. The highest BCUT2D eigenvalue weighted by Crippen LogP contribution is 2.44. The number of ether oxygens (including phenoxy) is 1. The molecule has 0 aromatic heterocycles. The molecule has 34 heavy (non-hydrogen) atoms. The Bertz CT molecular complexity index is 1050. The fourth-order valence-corrected chi connectivity index (χ4v) is 5.14. The van der Waals surface area contributed by atoms with Gasteiger partial charge in [-0.25, -0.2) is 4.79 Å². The van der Waals surface area contributed by atoms with Gasteiger partial charge in [0, 0.05) is 19.0 Å². The van der Waals surface area contributed by atoms with Crippen LogP contribution in [0.3, 0.4) is 0 Å². The van der Waals surface area contributed by atoms with Crippen molar-refractivity contribution in [3.05, 3.63) is 59.7 Å². The summed E-state index contributed by atoms with van der Waals surface area (Å²) in [6.45, 7) is 6.11. The molecule has 1 aliphatic carbocycles. The highest BCUT2D eigenvalue weighted by Gasteiger charge is 2.48. The Labute approximate surface area is 200 Å². The maximum atomic E-state index is 13.2. The van der Waals surface area contributed by atoms with Crippen LogP contribution in [-0.2, 0) is 14.3 Å². The smallest absolute Gasteiger partial charge is 0.407 e. The van der Waals surface area contributed by atoms with Crippen LogP contribution in [0.25, 0.3) is 11.1 Å². The third-order valence-corrected chi connectivity index (χ3v) is 7.41. The Morgan fingerprint density at radius 3 is 2.24 bits per heavy atom. The van der Waals surface area contributed by atoms with Crippen molar-refractivity contribution in [1.29, 1.82) is 0 Å². The average molecular weight is 465 g/mol. The first kappa shape index (κ1) is 23.8. The molecule has 3 atom stereocenters. The Balaban J connectivity index is 1.41. The number of carboxylic acid groups (broad SMARTS) is 1. The molecule has 0 radical (unpaired) electrons. The van der Waals surface area contributed by atoms with E-state index in [1.165, 1.54) is 0 Å². The summed E-state index contributed by atoms with van der Waals surface area (Å²) < 4.78 is 5.61. The van der Waals surface area contributed by atoms with E-state index < -0.39 is 23.5 Å². The molecule has 0 spiro atoms. The summed E-state index contributed by atoms with van der Waals surface area (Å²) in [5, 5.41) is 12.4. The molecule has 7 heteroatoms. The molecule has 2 aromatic carbocycles. The molecule has 4 rings (SSSR count). The zero-order valence-electron chi connectivity index (χ0n) is 19.9. The summed E-state index contributed by atoms with van der Waals surface area (Å²) >= 11 is 0. The van der Waals surface area contributed by atoms with Gasteiger partial charge in [0.2, 0.25) is 5.91 Å². The maximum absolute atomic E-state index is 13.2. The van der Waals surface area contributed by atoms with Crippen LogP contribution in [0.2, 0.25) is 0 Å². The highest BCUT2D eigenvalue weighted by molar-refractivity contribution is 5.87. The van der Waals surface area contributed by atoms with E-state index in [4.69, 9.17) is 4.74 Å². The molecule has 2 aromatic rings. The van der Waals surface area contributed by atoms with E-state index >= 15 is 0 Å². The van der Waals surface area contributed by atoms with Crippen molar-refractivity contribution in [2.45, 2.75) is 45.6 Å². The number of carboxylic acids is 1. The van der Waals surface area contributed by atoms with Crippen LogP contribution in [0.15, 0.2) is 48.5 Å². The molecule has 0 saturated carbocycles. The SMILES string of the molecule is CCCC(NC(=O)OCC1c2ccccc2-c2ccccc21)C(=O)N1C[C@@H](C)[C@](C)(C(=O)O)C1. The lowest BCUT2D eigenvalue weighted by molar-refractivity contribution is -0.149. The van der Waals surface area contributed by atoms with E-state index in [0.29, 0.717) is 19.4 Å². The lowest BCUT2D eigenvalue weighted by Crippen LogP contribution is -2.49. The summed E-state index contributed by atoms with van der Waals surface area (Å²) in [6, 6.07) is 15.5. The number of amides is 2. The molecule has 1 unspecified atom stereocenters. The predicted octanol–water partition coefficient (Wildman–Crippen LogP) is 4.26. The highest BCUT2D eigenvalue weighted by atomic mass is 16.5. The van der Waals surface area contributed by atoms with Gasteiger partial charge in [-0.05, 0) is 41.5 Å². The van der Waals surface area contributed by atoms with Gasteiger partial charge in [0.05, 0.1) is 5.41 Å². The van der Waals surface area contributed by atoms with Gasteiger partial charge in [-0.1, -0.05) is 68.8 Å². The molecule has 1 aliphatic heterocycles. The minimum absolute atomic E-state index is 0.0609. The molecule has 1 fully saturated rings. The van der Waals surface area contributed by atoms with Crippen LogP contribution in [-0.4, -0.2) is 53.7 Å². The Kier molecular flexibility index (Phi) is 6.64. The zero-order valence-corrected chi connectivity index (χ0v) is 19.9. The minimum atomic E-state index is -0.990. The predicted molar refractivity (Wildman–Crippen MR) is 128 cm³/mol. The van der Waals surface area contributed by atoms with Gasteiger partial charge >= 0.3 is 12.1 Å². The van der Waals surface area contributed by atoms with E-state index in [0.717, 1.165) is 22.3 Å². The van der Waals surface area contributed by atoms with Crippen LogP contribution in [0.1, 0.15) is 50.7 Å². The molecule has 2 N–H and O–H groups in total. The number of fused-ring (bicyclic) bond motifs is 3. The summed E-state index contributed by atoms with van der Waals surface area (Å²) in [4.78, 5) is 39.2. The second-order valence-electron chi connectivity index (χ2n) is 9.65. The van der Waals surface area contributed by atoms with Crippen molar-refractivity contribution >= 4 is 18.0 Å². The van der Waals surface area contributed by atoms with E-state index in [-0.39, 0.29) is 30.9 Å². The molecule has 1 heterocycles. The summed E-state index contributed by atoms with van der Waals surface area (Å²) in [7, 11) is 0. The van der Waals surface area contributed by atoms with E-state index in [9.17, 15) is 19.5 Å². The average Bonchev–Trinajstić information content (AvgIpc) is 3.32. The van der Waals surface area contributed by atoms with Crippen molar-refractivity contribution in [3.8, 4) is 11.1 Å². The fraction of sp³-hybridized carbons (Fsp3) is 0.444. The number of aliphatic carboxylic acids is 1. The topological polar surface area (TPSA) is 95.9 Å². The molecule has 180 valence electrons. The van der Waals surface area contributed by atoms with Crippen LogP contribution < -0.4 is 5.32 Å². The van der Waals surface area contributed by atoms with Gasteiger partial charge in [-0.2, -0.15) is 0 Å². The number of benzene rings is 2. The largest absolute Gasteiger partial charge is 0.481 e. The summed E-state index contributed by atoms with van der Waals surface area (Å²) in [6.07, 6.45) is 0.513. The lowest BCUT2D eigenvalue weighted by atomic mass is 9.81. The number of rotatable bonds is 7. The van der Waals surface area contributed by atoms with Crippen LogP contribution in [0.5, 0.6) is 0 Å². The standard InChI is InChI=1S/C27H32N2O5/c1-4-9-23(24(30)29-14-17(2)27(3,16-29)25(31)32)28-26(33)34-15-22-20-12-7-5-10-18(20)19-11-6-8-13-21(19)22/h5-8,10-13,17,22-23H,4,9,14-16H2,1-3H3,(H,28,33)(H,31,32)/t17-,23?,27-/m1/s1. The molecule has 1 saturated heterocycles. The number of carbonyl (C=O) groups is 3. The summed E-state index contributed by atoms with van der Waals surface area (Å²) in [5.41, 5.74) is 3.55. The molecular weight excluding hydrogens is 432 g/mol. The second-order valence-corrected chi connectivity index (χ2v) is 9.65. The number of alkyl carbamates (subject to hydrolysis) is 1. The number of carbonyl (C=O) groups excluding carboxylic acids is 2.